The van der Waals surface area contributed by atoms with Gasteiger partial charge in [-0.2, -0.15) is 13.2 Å². The molecule has 0 saturated carbocycles. The Bertz CT molecular complexity index is 898. The van der Waals surface area contributed by atoms with Crippen molar-refractivity contribution in [1.29, 1.82) is 0 Å². The molecule has 1 fully saturated rings. The third-order valence-electron chi connectivity index (χ3n) is 4.90. The molecular weight excluding hydrogens is 390 g/mol. The Morgan fingerprint density at radius 3 is 2.69 bits per heavy atom. The maximum Gasteiger partial charge on any atom is 0.417 e. The molecule has 2 aliphatic rings. The van der Waals surface area contributed by atoms with E-state index in [0.29, 0.717) is 18.0 Å². The molecule has 0 amide bonds. The van der Waals surface area contributed by atoms with Crippen LogP contribution in [-0.2, 0) is 12.7 Å². The van der Waals surface area contributed by atoms with Crippen molar-refractivity contribution in [2.45, 2.75) is 25.1 Å². The predicted octanol–water partition coefficient (Wildman–Crippen LogP) is 3.71. The van der Waals surface area contributed by atoms with E-state index in [0.717, 1.165) is 37.5 Å². The van der Waals surface area contributed by atoms with Crippen LogP contribution in [0.25, 0.3) is 11.3 Å². The summed E-state index contributed by atoms with van der Waals surface area (Å²) < 4.78 is 40.1. The van der Waals surface area contributed by atoms with Crippen LogP contribution in [0.4, 0.5) is 13.2 Å². The van der Waals surface area contributed by atoms with Crippen LogP contribution in [0.1, 0.15) is 23.6 Å². The van der Waals surface area contributed by atoms with E-state index in [-0.39, 0.29) is 34.6 Å². The van der Waals surface area contributed by atoms with Crippen molar-refractivity contribution >= 4 is 24.0 Å². The lowest BCUT2D eigenvalue weighted by molar-refractivity contribution is -0.137. The van der Waals surface area contributed by atoms with Crippen LogP contribution in [0.3, 0.4) is 0 Å². The SMILES string of the molecule is Cl.O=c1cc(-c2ncc(C(F)(F)F)cc2Cl)cc2n1C[C@@H]1CNC[C@H]2C1. The number of nitrogens with zero attached hydrogens (tertiary/aromatic N) is 2. The molecule has 26 heavy (non-hydrogen) atoms. The molecular formula is C17H16Cl2F3N3O. The molecule has 2 bridgehead atoms. The number of pyridine rings is 2. The standard InChI is InChI=1S/C17H15ClF3N3O.ClH/c18-13-4-12(17(19,20)21)7-23-16(13)10-2-14-11-1-9(5-22-6-11)8-24(14)15(25)3-10;/h2-4,7,9,11,22H,1,5-6,8H2;1H/t9-,11+;/m0./s1. The Labute approximate surface area is 158 Å². The van der Waals surface area contributed by atoms with Crippen LogP contribution in [0.15, 0.2) is 29.2 Å². The van der Waals surface area contributed by atoms with Gasteiger partial charge in [0.05, 0.1) is 16.3 Å². The summed E-state index contributed by atoms with van der Waals surface area (Å²) >= 11 is 6.03. The second kappa shape index (κ2) is 6.87. The zero-order valence-corrected chi connectivity index (χ0v) is 15.1. The number of hydrogen-bond donors (Lipinski definition) is 1. The summed E-state index contributed by atoms with van der Waals surface area (Å²) in [5, 5.41) is 3.24. The summed E-state index contributed by atoms with van der Waals surface area (Å²) in [5.41, 5.74) is 0.473. The first kappa shape index (κ1) is 19.2. The smallest absolute Gasteiger partial charge is 0.316 e. The van der Waals surface area contributed by atoms with Gasteiger partial charge in [0.25, 0.3) is 5.56 Å². The summed E-state index contributed by atoms with van der Waals surface area (Å²) in [6.07, 6.45) is -2.76. The van der Waals surface area contributed by atoms with E-state index in [1.807, 2.05) is 6.07 Å². The lowest BCUT2D eigenvalue weighted by Gasteiger charge is -2.37. The number of piperidine rings is 1. The summed E-state index contributed by atoms with van der Waals surface area (Å²) in [5.74, 6) is 0.649. The van der Waals surface area contributed by atoms with Crippen LogP contribution in [0.2, 0.25) is 5.02 Å². The van der Waals surface area contributed by atoms with Gasteiger partial charge in [0.1, 0.15) is 0 Å². The molecule has 2 aliphatic heterocycles. The zero-order chi connectivity index (χ0) is 17.8. The average molecular weight is 406 g/mol. The van der Waals surface area contributed by atoms with Crippen molar-refractivity contribution in [2.24, 2.45) is 5.92 Å². The lowest BCUT2D eigenvalue weighted by atomic mass is 9.83. The topological polar surface area (TPSA) is 46.9 Å². The molecule has 0 aromatic carbocycles. The number of aromatic nitrogens is 2. The quantitative estimate of drug-likeness (QED) is 0.786. The van der Waals surface area contributed by atoms with Crippen LogP contribution < -0.4 is 10.9 Å². The van der Waals surface area contributed by atoms with E-state index < -0.39 is 11.7 Å². The summed E-state index contributed by atoms with van der Waals surface area (Å²) in [6.45, 7) is 2.34. The van der Waals surface area contributed by atoms with Gasteiger partial charge in [-0.1, -0.05) is 11.6 Å². The van der Waals surface area contributed by atoms with Crippen molar-refractivity contribution in [3.05, 3.63) is 51.0 Å². The fourth-order valence-corrected chi connectivity index (χ4v) is 4.02. The first-order valence-electron chi connectivity index (χ1n) is 8.01. The zero-order valence-electron chi connectivity index (χ0n) is 13.5. The van der Waals surface area contributed by atoms with E-state index in [1.165, 1.54) is 6.07 Å². The van der Waals surface area contributed by atoms with Gasteiger partial charge in [0.2, 0.25) is 0 Å². The number of alkyl halides is 3. The highest BCUT2D eigenvalue weighted by Crippen LogP contribution is 2.36. The van der Waals surface area contributed by atoms with Gasteiger partial charge in [-0.3, -0.25) is 9.78 Å². The highest BCUT2D eigenvalue weighted by molar-refractivity contribution is 6.33. The molecule has 4 rings (SSSR count). The van der Waals surface area contributed by atoms with E-state index in [9.17, 15) is 18.0 Å². The molecule has 2 aromatic rings. The number of fused-ring (bicyclic) bond motifs is 4. The number of halogens is 5. The molecule has 2 aromatic heterocycles. The minimum atomic E-state index is -4.51. The first-order valence-corrected chi connectivity index (χ1v) is 8.39. The van der Waals surface area contributed by atoms with Crippen LogP contribution in [-0.4, -0.2) is 22.6 Å². The molecule has 0 radical (unpaired) electrons. The number of rotatable bonds is 1. The average Bonchev–Trinajstić information content (AvgIpc) is 2.55. The van der Waals surface area contributed by atoms with Gasteiger partial charge >= 0.3 is 6.18 Å². The summed E-state index contributed by atoms with van der Waals surface area (Å²) in [7, 11) is 0. The molecule has 4 heterocycles. The number of nitrogens with one attached hydrogen (secondary N) is 1. The largest absolute Gasteiger partial charge is 0.417 e. The minimum absolute atomic E-state index is 0. The Balaban J connectivity index is 0.00000196. The molecule has 2 atom stereocenters. The second-order valence-corrected chi connectivity index (χ2v) is 7.03. The Morgan fingerprint density at radius 1 is 1.23 bits per heavy atom. The van der Waals surface area contributed by atoms with Gasteiger partial charge < -0.3 is 9.88 Å². The van der Waals surface area contributed by atoms with Gasteiger partial charge in [0, 0.05) is 42.5 Å². The van der Waals surface area contributed by atoms with Crippen molar-refractivity contribution in [2.75, 3.05) is 13.1 Å². The Hall–Kier alpha value is -1.57. The van der Waals surface area contributed by atoms with Crippen LogP contribution >= 0.6 is 24.0 Å². The molecule has 0 unspecified atom stereocenters. The maximum absolute atomic E-state index is 12.8. The van der Waals surface area contributed by atoms with E-state index in [4.69, 9.17) is 11.6 Å². The van der Waals surface area contributed by atoms with Crippen LogP contribution in [0, 0.1) is 5.92 Å². The van der Waals surface area contributed by atoms with E-state index in [2.05, 4.69) is 10.3 Å². The monoisotopic (exact) mass is 405 g/mol. The highest BCUT2D eigenvalue weighted by Gasteiger charge is 2.33. The second-order valence-electron chi connectivity index (χ2n) is 6.63. The third kappa shape index (κ3) is 3.35. The third-order valence-corrected chi connectivity index (χ3v) is 5.19. The summed E-state index contributed by atoms with van der Waals surface area (Å²) in [6, 6.07) is 4.08. The molecule has 0 spiro atoms. The molecule has 4 nitrogen and oxygen atoms in total. The molecule has 1 N–H and O–H groups in total. The fourth-order valence-electron chi connectivity index (χ4n) is 3.75. The van der Waals surface area contributed by atoms with Gasteiger partial charge in [-0.05, 0) is 31.0 Å². The van der Waals surface area contributed by atoms with Crippen molar-refractivity contribution in [1.82, 2.24) is 14.9 Å². The summed E-state index contributed by atoms with van der Waals surface area (Å²) in [4.78, 5) is 16.4. The normalized spacial score (nSPS) is 21.7. The van der Waals surface area contributed by atoms with Gasteiger partial charge in [0.15, 0.2) is 0 Å². The van der Waals surface area contributed by atoms with Crippen molar-refractivity contribution < 1.29 is 13.2 Å². The van der Waals surface area contributed by atoms with Gasteiger partial charge in [-0.25, -0.2) is 0 Å². The van der Waals surface area contributed by atoms with Gasteiger partial charge in [-0.15, -0.1) is 12.4 Å². The van der Waals surface area contributed by atoms with E-state index >= 15 is 0 Å². The van der Waals surface area contributed by atoms with E-state index in [1.54, 1.807) is 4.57 Å². The fraction of sp³-hybridized carbons (Fsp3) is 0.412. The minimum Gasteiger partial charge on any atom is -0.316 e. The first-order chi connectivity index (χ1) is 11.8. The Morgan fingerprint density at radius 2 is 2.00 bits per heavy atom. The highest BCUT2D eigenvalue weighted by atomic mass is 35.5. The van der Waals surface area contributed by atoms with Crippen molar-refractivity contribution in [3.8, 4) is 11.3 Å². The Kier molecular flexibility index (Phi) is 5.07. The molecule has 0 aliphatic carbocycles. The molecule has 1 saturated heterocycles. The predicted molar refractivity (Wildman–Crippen MR) is 94.9 cm³/mol. The lowest BCUT2D eigenvalue weighted by Crippen LogP contribution is -2.44. The van der Waals surface area contributed by atoms with Crippen molar-refractivity contribution in [3.63, 3.8) is 0 Å². The van der Waals surface area contributed by atoms with Crippen LogP contribution in [0.5, 0.6) is 0 Å². The molecule has 140 valence electrons. The molecule has 9 heteroatoms. The maximum atomic E-state index is 12.8. The number of hydrogen-bond acceptors (Lipinski definition) is 3.